The maximum Gasteiger partial charge on any atom is 0.191 e. The number of halogens is 2. The number of morpholine rings is 1. The lowest BCUT2D eigenvalue weighted by Crippen LogP contribution is -2.48. The Hall–Kier alpha value is -1.77. The fourth-order valence-corrected chi connectivity index (χ4v) is 2.96. The van der Waals surface area contributed by atoms with Crippen molar-refractivity contribution in [1.82, 2.24) is 15.5 Å². The van der Waals surface area contributed by atoms with Crippen LogP contribution in [0.3, 0.4) is 0 Å². The van der Waals surface area contributed by atoms with Crippen LogP contribution in [0.25, 0.3) is 0 Å². The number of nitrogens with one attached hydrogen (secondary N) is 2. The fraction of sp³-hybridized carbons (Fsp3) is 0.632. The predicted molar refractivity (Wildman–Crippen MR) is 102 cm³/mol. The first-order valence-electron chi connectivity index (χ1n) is 9.37. The third kappa shape index (κ3) is 8.19. The predicted octanol–water partition coefficient (Wildman–Crippen LogP) is 1.15. The molecular formula is C19H30F2N4O2. The molecule has 1 aliphatic heterocycles. The summed E-state index contributed by atoms with van der Waals surface area (Å²) in [4.78, 5) is 6.62. The van der Waals surface area contributed by atoms with E-state index in [1.54, 1.807) is 6.92 Å². The Morgan fingerprint density at radius 1 is 1.22 bits per heavy atom. The molecule has 1 heterocycles. The van der Waals surface area contributed by atoms with Crippen LogP contribution in [0.4, 0.5) is 8.78 Å². The molecule has 1 aliphatic rings. The van der Waals surface area contributed by atoms with Crippen LogP contribution in [0.15, 0.2) is 23.2 Å². The Morgan fingerprint density at radius 3 is 2.52 bits per heavy atom. The van der Waals surface area contributed by atoms with Crippen LogP contribution in [0.1, 0.15) is 19.4 Å². The highest BCUT2D eigenvalue weighted by Gasteiger charge is 2.25. The lowest BCUT2D eigenvalue weighted by atomic mass is 10.1. The second-order valence-corrected chi connectivity index (χ2v) is 7.04. The summed E-state index contributed by atoms with van der Waals surface area (Å²) in [6.45, 7) is 8.62. The molecule has 3 N–H and O–H groups in total. The number of rotatable bonds is 8. The van der Waals surface area contributed by atoms with Crippen LogP contribution < -0.4 is 10.6 Å². The zero-order valence-corrected chi connectivity index (χ0v) is 16.1. The minimum absolute atomic E-state index is 0.244. The maximum atomic E-state index is 13.2. The first kappa shape index (κ1) is 21.5. The largest absolute Gasteiger partial charge is 0.387 e. The molecule has 27 heavy (non-hydrogen) atoms. The van der Waals surface area contributed by atoms with E-state index in [1.807, 2.05) is 6.92 Å². The summed E-state index contributed by atoms with van der Waals surface area (Å²) in [5.41, 5.74) is -0.374. The van der Waals surface area contributed by atoms with Gasteiger partial charge in [0.05, 0.1) is 25.4 Å². The Bertz CT molecular complexity index is 599. The fourth-order valence-electron chi connectivity index (χ4n) is 2.96. The van der Waals surface area contributed by atoms with E-state index in [-0.39, 0.29) is 6.54 Å². The van der Waals surface area contributed by atoms with E-state index < -0.39 is 17.2 Å². The van der Waals surface area contributed by atoms with E-state index in [2.05, 4.69) is 20.5 Å². The normalized spacial score (nSPS) is 18.2. The molecule has 6 nitrogen and oxygen atoms in total. The number of β-amino-alcohol motifs (C(OH)–C–C–N with tert-alkyl or cyclic N) is 1. The van der Waals surface area contributed by atoms with Crippen molar-refractivity contribution >= 4 is 5.96 Å². The Morgan fingerprint density at radius 2 is 1.89 bits per heavy atom. The number of aliphatic hydroxyl groups is 1. The second-order valence-electron chi connectivity index (χ2n) is 7.04. The van der Waals surface area contributed by atoms with Gasteiger partial charge in [-0.3, -0.25) is 9.89 Å². The van der Waals surface area contributed by atoms with Gasteiger partial charge in [-0.05, 0) is 38.0 Å². The number of guanidine groups is 1. The average Bonchev–Trinajstić information content (AvgIpc) is 2.59. The molecular weight excluding hydrogens is 354 g/mol. The van der Waals surface area contributed by atoms with E-state index in [4.69, 9.17) is 4.74 Å². The summed E-state index contributed by atoms with van der Waals surface area (Å²) in [7, 11) is 0. The third-order valence-electron chi connectivity index (χ3n) is 4.22. The van der Waals surface area contributed by atoms with Crippen LogP contribution in [0.5, 0.6) is 0 Å². The molecule has 0 amide bonds. The highest BCUT2D eigenvalue weighted by Crippen LogP contribution is 2.10. The first-order chi connectivity index (χ1) is 12.9. The zero-order valence-electron chi connectivity index (χ0n) is 16.1. The number of aliphatic imine (C=N–C) groups is 1. The molecule has 1 aromatic rings. The van der Waals surface area contributed by atoms with Gasteiger partial charge in [0.2, 0.25) is 0 Å². The number of hydrogen-bond acceptors (Lipinski definition) is 4. The van der Waals surface area contributed by atoms with Gasteiger partial charge in [-0.25, -0.2) is 8.78 Å². The molecule has 0 bridgehead atoms. The molecule has 152 valence electrons. The number of nitrogens with zero attached hydrogens (tertiary/aromatic N) is 2. The summed E-state index contributed by atoms with van der Waals surface area (Å²) < 4.78 is 31.8. The molecule has 1 fully saturated rings. The van der Waals surface area contributed by atoms with Crippen molar-refractivity contribution in [3.05, 3.63) is 35.4 Å². The van der Waals surface area contributed by atoms with Crippen molar-refractivity contribution in [1.29, 1.82) is 0 Å². The Kier molecular flexibility index (Phi) is 8.40. The van der Waals surface area contributed by atoms with E-state index >= 15 is 0 Å². The molecule has 1 aromatic carbocycles. The van der Waals surface area contributed by atoms with Crippen molar-refractivity contribution in [3.8, 4) is 0 Å². The molecule has 0 aliphatic carbocycles. The van der Waals surface area contributed by atoms with Crippen LogP contribution >= 0.6 is 0 Å². The van der Waals surface area contributed by atoms with Gasteiger partial charge in [-0.1, -0.05) is 0 Å². The van der Waals surface area contributed by atoms with Crippen LogP contribution in [0.2, 0.25) is 0 Å². The van der Waals surface area contributed by atoms with E-state index in [9.17, 15) is 13.9 Å². The smallest absolute Gasteiger partial charge is 0.191 e. The van der Waals surface area contributed by atoms with Gasteiger partial charge < -0.3 is 20.5 Å². The Labute approximate surface area is 159 Å². The molecule has 1 atom stereocenters. The molecule has 2 rings (SSSR count). The molecule has 0 saturated carbocycles. The highest BCUT2D eigenvalue weighted by molar-refractivity contribution is 5.79. The van der Waals surface area contributed by atoms with Gasteiger partial charge in [0, 0.05) is 38.8 Å². The minimum Gasteiger partial charge on any atom is -0.387 e. The van der Waals surface area contributed by atoms with Gasteiger partial charge in [0.15, 0.2) is 5.96 Å². The van der Waals surface area contributed by atoms with Gasteiger partial charge in [-0.15, -0.1) is 0 Å². The monoisotopic (exact) mass is 384 g/mol. The number of hydrogen-bond donors (Lipinski definition) is 3. The first-order valence-corrected chi connectivity index (χ1v) is 9.37. The molecule has 1 saturated heterocycles. The topological polar surface area (TPSA) is 69.1 Å². The number of benzene rings is 1. The van der Waals surface area contributed by atoms with Gasteiger partial charge in [0.1, 0.15) is 11.6 Å². The molecule has 8 heteroatoms. The van der Waals surface area contributed by atoms with Crippen molar-refractivity contribution in [3.63, 3.8) is 0 Å². The number of ether oxygens (including phenoxy) is 1. The molecule has 0 aromatic heterocycles. The van der Waals surface area contributed by atoms with Crippen molar-refractivity contribution < 1.29 is 18.6 Å². The van der Waals surface area contributed by atoms with E-state index in [1.165, 1.54) is 12.1 Å². The summed E-state index contributed by atoms with van der Waals surface area (Å²) in [5.74, 6) is -0.592. The SMILES string of the molecule is CCNC(=NCC(C)(O)CN1CCOCC1)NCCc1cc(F)cc(F)c1. The molecule has 0 spiro atoms. The van der Waals surface area contributed by atoms with Gasteiger partial charge >= 0.3 is 0 Å². The lowest BCUT2D eigenvalue weighted by molar-refractivity contribution is -0.0179. The summed E-state index contributed by atoms with van der Waals surface area (Å²) >= 11 is 0. The van der Waals surface area contributed by atoms with Crippen molar-refractivity contribution in [2.75, 3.05) is 52.5 Å². The van der Waals surface area contributed by atoms with Crippen molar-refractivity contribution in [2.24, 2.45) is 4.99 Å². The average molecular weight is 384 g/mol. The van der Waals surface area contributed by atoms with Crippen molar-refractivity contribution in [2.45, 2.75) is 25.9 Å². The molecule has 0 radical (unpaired) electrons. The Balaban J connectivity index is 1.84. The maximum absolute atomic E-state index is 13.2. The van der Waals surface area contributed by atoms with Gasteiger partial charge in [-0.2, -0.15) is 0 Å². The third-order valence-corrected chi connectivity index (χ3v) is 4.22. The summed E-state index contributed by atoms with van der Waals surface area (Å²) in [5, 5.41) is 16.9. The van der Waals surface area contributed by atoms with Gasteiger partial charge in [0.25, 0.3) is 0 Å². The van der Waals surface area contributed by atoms with Crippen LogP contribution in [-0.4, -0.2) is 74.0 Å². The quantitative estimate of drug-likeness (QED) is 0.463. The van der Waals surface area contributed by atoms with E-state index in [0.29, 0.717) is 50.8 Å². The van der Waals surface area contributed by atoms with Crippen LogP contribution in [-0.2, 0) is 11.2 Å². The second kappa shape index (κ2) is 10.5. The van der Waals surface area contributed by atoms with E-state index in [0.717, 1.165) is 19.2 Å². The van der Waals surface area contributed by atoms with Crippen LogP contribution in [0, 0.1) is 11.6 Å². The minimum atomic E-state index is -0.953. The lowest BCUT2D eigenvalue weighted by Gasteiger charge is -2.33. The summed E-state index contributed by atoms with van der Waals surface area (Å²) in [6, 6.07) is 3.50. The standard InChI is InChI=1S/C19H30F2N4O2/c1-3-22-18(23-5-4-15-10-16(20)12-17(21)11-15)24-13-19(2,26)14-25-6-8-27-9-7-25/h10-12,26H,3-9,13-14H2,1-2H3,(H2,22,23,24). The summed E-state index contributed by atoms with van der Waals surface area (Å²) in [6.07, 6.45) is 0.462. The molecule has 1 unspecified atom stereocenters. The highest BCUT2D eigenvalue weighted by atomic mass is 19.1. The zero-order chi connectivity index (χ0) is 19.7.